The number of aromatic nitrogens is 1. The van der Waals surface area contributed by atoms with E-state index in [-0.39, 0.29) is 23.7 Å². The lowest BCUT2D eigenvalue weighted by Gasteiger charge is -2.33. The molecular weight excluding hydrogens is 463 g/mol. The molecule has 2 atom stereocenters. The summed E-state index contributed by atoms with van der Waals surface area (Å²) in [7, 11) is 0. The van der Waals surface area contributed by atoms with Gasteiger partial charge < -0.3 is 26.0 Å². The molecule has 1 aliphatic heterocycles. The third-order valence-electron chi connectivity index (χ3n) is 5.64. The van der Waals surface area contributed by atoms with Gasteiger partial charge in [0.2, 0.25) is 5.91 Å². The van der Waals surface area contributed by atoms with Crippen molar-refractivity contribution in [3.05, 3.63) is 69.6 Å². The summed E-state index contributed by atoms with van der Waals surface area (Å²) in [4.78, 5) is 42.2. The van der Waals surface area contributed by atoms with E-state index in [1.165, 1.54) is 47.5 Å². The molecule has 8 nitrogen and oxygen atoms in total. The second kappa shape index (κ2) is 11.0. The highest BCUT2D eigenvalue weighted by Gasteiger charge is 2.33. The second-order valence-electron chi connectivity index (χ2n) is 8.13. The van der Waals surface area contributed by atoms with Crippen LogP contribution in [0.1, 0.15) is 28.9 Å². The number of likely N-dealkylation sites (tertiary alicyclic amines) is 1. The summed E-state index contributed by atoms with van der Waals surface area (Å²) in [6.07, 6.45) is 3.96. The molecule has 0 spiro atoms. The first-order valence-electron chi connectivity index (χ1n) is 10.7. The molecule has 0 aliphatic carbocycles. The summed E-state index contributed by atoms with van der Waals surface area (Å²) < 4.78 is 13.4. The summed E-state index contributed by atoms with van der Waals surface area (Å²) in [5.74, 6) is -3.00. The Kier molecular flexibility index (Phi) is 8.12. The number of carbonyl (C=O) groups is 3. The summed E-state index contributed by atoms with van der Waals surface area (Å²) in [5.41, 5.74) is 6.41. The van der Waals surface area contributed by atoms with Crippen molar-refractivity contribution in [2.45, 2.75) is 25.3 Å². The van der Waals surface area contributed by atoms with Crippen molar-refractivity contribution in [1.82, 2.24) is 15.2 Å². The van der Waals surface area contributed by atoms with Crippen LogP contribution in [0.15, 0.2) is 41.9 Å². The van der Waals surface area contributed by atoms with E-state index in [2.05, 4.69) is 16.9 Å². The fraction of sp³-hybridized carbons (Fsp3) is 0.292. The van der Waals surface area contributed by atoms with Crippen LogP contribution in [-0.4, -0.2) is 51.9 Å². The number of carboxylic acid groups (broad SMARTS) is 1. The highest BCUT2D eigenvalue weighted by molar-refractivity contribution is 6.33. The molecule has 0 bridgehead atoms. The zero-order chi connectivity index (χ0) is 24.8. The molecule has 1 saturated heterocycles. The average Bonchev–Trinajstić information content (AvgIpc) is 3.21. The van der Waals surface area contributed by atoms with Gasteiger partial charge in [-0.05, 0) is 42.7 Å². The highest BCUT2D eigenvalue weighted by atomic mass is 35.5. The number of H-pyrrole nitrogens is 1. The van der Waals surface area contributed by atoms with Crippen molar-refractivity contribution in [2.24, 2.45) is 11.7 Å². The summed E-state index contributed by atoms with van der Waals surface area (Å²) in [6, 6.07) is 6.16. The van der Waals surface area contributed by atoms with E-state index >= 15 is 0 Å². The van der Waals surface area contributed by atoms with E-state index in [4.69, 9.17) is 17.3 Å². The first-order valence-corrected chi connectivity index (χ1v) is 11.1. The van der Waals surface area contributed by atoms with E-state index in [0.29, 0.717) is 35.5 Å². The zero-order valence-corrected chi connectivity index (χ0v) is 19.1. The minimum absolute atomic E-state index is 0.0652. The van der Waals surface area contributed by atoms with Crippen LogP contribution < -0.4 is 21.6 Å². The number of carbonyl (C=O) groups excluding carboxylic acids is 2. The van der Waals surface area contributed by atoms with Crippen LogP contribution in [0.2, 0.25) is 0 Å². The van der Waals surface area contributed by atoms with Gasteiger partial charge >= 0.3 is 5.97 Å². The minimum atomic E-state index is -0.991. The number of hydrogen-bond acceptors (Lipinski definition) is 4. The number of nitrogens with one attached hydrogen (secondary N) is 2. The van der Waals surface area contributed by atoms with Gasteiger partial charge in [0, 0.05) is 36.0 Å². The minimum Gasteiger partial charge on any atom is -0.481 e. The highest BCUT2D eigenvalue weighted by Crippen LogP contribution is 2.18. The van der Waals surface area contributed by atoms with Crippen LogP contribution in [0.3, 0.4) is 0 Å². The molecule has 2 aromatic rings. The quantitative estimate of drug-likeness (QED) is 0.463. The third kappa shape index (κ3) is 6.26. The van der Waals surface area contributed by atoms with Crippen LogP contribution >= 0.6 is 11.6 Å². The van der Waals surface area contributed by atoms with Crippen LogP contribution in [0.5, 0.6) is 0 Å². The number of nitrogens with two attached hydrogens (primary N) is 1. The van der Waals surface area contributed by atoms with E-state index in [1.807, 2.05) is 0 Å². The van der Waals surface area contributed by atoms with Gasteiger partial charge in [-0.15, -0.1) is 0 Å². The molecular formula is C24H26ClFN4O4. The van der Waals surface area contributed by atoms with Crippen molar-refractivity contribution in [2.75, 3.05) is 13.1 Å². The molecule has 2 amide bonds. The van der Waals surface area contributed by atoms with Gasteiger partial charge in [0.05, 0.1) is 11.3 Å². The van der Waals surface area contributed by atoms with Crippen molar-refractivity contribution >= 4 is 41.7 Å². The van der Waals surface area contributed by atoms with Crippen LogP contribution in [0.25, 0.3) is 12.3 Å². The number of piperidine rings is 1. The maximum atomic E-state index is 13.4. The maximum Gasteiger partial charge on any atom is 0.308 e. The molecule has 1 aliphatic rings. The topological polar surface area (TPSA) is 129 Å². The molecule has 1 fully saturated rings. The Morgan fingerprint density at radius 1 is 1.35 bits per heavy atom. The number of hydrogen-bond donors (Lipinski definition) is 4. The van der Waals surface area contributed by atoms with Crippen LogP contribution in [0, 0.1) is 11.7 Å². The second-order valence-corrected chi connectivity index (χ2v) is 8.61. The van der Waals surface area contributed by atoms with Gasteiger partial charge in [0.15, 0.2) is 0 Å². The number of rotatable bonds is 7. The van der Waals surface area contributed by atoms with Crippen molar-refractivity contribution in [1.29, 1.82) is 0 Å². The first kappa shape index (κ1) is 25.0. The summed E-state index contributed by atoms with van der Waals surface area (Å²) in [6.45, 7) is 4.05. The lowest BCUT2D eigenvalue weighted by Crippen LogP contribution is -2.53. The van der Waals surface area contributed by atoms with E-state index < -0.39 is 35.6 Å². The molecule has 5 N–H and O–H groups in total. The Balaban J connectivity index is 1.87. The number of aromatic amines is 1. The standard InChI is InChI=1S/C24H26ClFN4O4/c1-14(25)9-17-11-19(28-21(17)12-27)22(31)29-20(10-15-4-6-18(26)7-5-15)23(32)30-8-2-3-16(13-30)24(33)34/h4-7,9,11-12,16,20,28H,1-3,8,10,13,27H2,(H,29,31)(H,33,34)/b17-9-,21-12+/t16?,20-/m0/s1. The average molecular weight is 489 g/mol. The molecule has 2 heterocycles. The van der Waals surface area contributed by atoms with Crippen LogP contribution in [-0.2, 0) is 16.0 Å². The van der Waals surface area contributed by atoms with Gasteiger partial charge in [-0.25, -0.2) is 4.39 Å². The number of halogens is 2. The van der Waals surface area contributed by atoms with Gasteiger partial charge in [-0.3, -0.25) is 14.4 Å². The lowest BCUT2D eigenvalue weighted by molar-refractivity contribution is -0.146. The fourth-order valence-corrected chi connectivity index (χ4v) is 4.04. The Morgan fingerprint density at radius 3 is 2.68 bits per heavy atom. The molecule has 1 aromatic heterocycles. The lowest BCUT2D eigenvalue weighted by atomic mass is 9.96. The SMILES string of the molecule is C=C(Cl)/C=c1/cc(C(=O)N[C@@H](Cc2ccc(F)cc2)C(=O)N2CCCC(C(=O)O)C2)[nH]/c1=C/N. The first-order chi connectivity index (χ1) is 16.2. The largest absolute Gasteiger partial charge is 0.481 e. The summed E-state index contributed by atoms with van der Waals surface area (Å²) in [5, 5.41) is 13.3. The number of carboxylic acids is 1. The molecule has 1 unspecified atom stereocenters. The number of aliphatic carboxylic acids is 1. The predicted octanol–water partition coefficient (Wildman–Crippen LogP) is 1.05. The molecule has 1 aromatic carbocycles. The molecule has 10 heteroatoms. The normalized spacial score (nSPS) is 17.9. The van der Waals surface area contributed by atoms with Crippen molar-refractivity contribution in [3.63, 3.8) is 0 Å². The molecule has 3 rings (SSSR count). The van der Waals surface area contributed by atoms with Crippen LogP contribution in [0.4, 0.5) is 4.39 Å². The summed E-state index contributed by atoms with van der Waals surface area (Å²) >= 11 is 5.84. The van der Waals surface area contributed by atoms with Gasteiger partial charge in [0.25, 0.3) is 5.91 Å². The number of nitrogens with zero attached hydrogens (tertiary/aromatic N) is 1. The van der Waals surface area contributed by atoms with Crippen molar-refractivity contribution in [3.8, 4) is 0 Å². The van der Waals surface area contributed by atoms with E-state index in [9.17, 15) is 23.9 Å². The number of benzene rings is 1. The Hall–Kier alpha value is -3.59. The smallest absolute Gasteiger partial charge is 0.308 e. The van der Waals surface area contributed by atoms with E-state index in [1.54, 1.807) is 0 Å². The fourth-order valence-electron chi connectivity index (χ4n) is 3.93. The van der Waals surface area contributed by atoms with Gasteiger partial charge in [-0.1, -0.05) is 30.3 Å². The third-order valence-corrected chi connectivity index (χ3v) is 5.75. The molecule has 180 valence electrons. The molecule has 34 heavy (non-hydrogen) atoms. The Labute approximate surface area is 200 Å². The number of allylic oxidation sites excluding steroid dienone is 1. The maximum absolute atomic E-state index is 13.4. The molecule has 0 radical (unpaired) electrons. The Morgan fingerprint density at radius 2 is 2.06 bits per heavy atom. The van der Waals surface area contributed by atoms with E-state index in [0.717, 1.165) is 0 Å². The van der Waals surface area contributed by atoms with Gasteiger partial charge in [-0.2, -0.15) is 0 Å². The zero-order valence-electron chi connectivity index (χ0n) is 18.4. The monoisotopic (exact) mass is 488 g/mol. The Bertz CT molecular complexity index is 1210. The van der Waals surface area contributed by atoms with Crippen molar-refractivity contribution < 1.29 is 23.9 Å². The predicted molar refractivity (Wildman–Crippen MR) is 126 cm³/mol. The number of amides is 2. The molecule has 0 saturated carbocycles. The van der Waals surface area contributed by atoms with Gasteiger partial charge in [0.1, 0.15) is 17.6 Å².